The Bertz CT molecular complexity index is 446. The van der Waals surface area contributed by atoms with E-state index in [0.29, 0.717) is 6.61 Å². The monoisotopic (exact) mass is 258 g/mol. The van der Waals surface area contributed by atoms with Gasteiger partial charge < -0.3 is 10.5 Å². The number of nitrogen functional groups attached to an aromatic ring is 1. The van der Waals surface area contributed by atoms with Crippen molar-refractivity contribution in [1.29, 1.82) is 0 Å². The molecule has 0 aliphatic heterocycles. The van der Waals surface area contributed by atoms with Crippen LogP contribution in [0, 0.1) is 0 Å². The average molecular weight is 258 g/mol. The molecule has 0 amide bonds. The van der Waals surface area contributed by atoms with Crippen LogP contribution in [0.4, 0.5) is 5.69 Å². The molecule has 0 bridgehead atoms. The number of hydrogen-bond acceptors (Lipinski definition) is 5. The van der Waals surface area contributed by atoms with E-state index in [4.69, 9.17) is 10.5 Å². The van der Waals surface area contributed by atoms with Crippen molar-refractivity contribution < 1.29 is 13.2 Å². The molecule has 0 aromatic carbocycles. The predicted molar refractivity (Wildman–Crippen MR) is 66.4 cm³/mol. The first-order chi connectivity index (χ1) is 8.08. The summed E-state index contributed by atoms with van der Waals surface area (Å²) in [5.74, 6) is -0.0854. The van der Waals surface area contributed by atoms with Crippen LogP contribution in [-0.4, -0.2) is 32.4 Å². The number of rotatable bonds is 7. The molecular formula is C11H18N2O3S. The van der Waals surface area contributed by atoms with Gasteiger partial charge in [0.15, 0.2) is 14.9 Å². The van der Waals surface area contributed by atoms with Crippen LogP contribution in [0.15, 0.2) is 23.4 Å². The minimum atomic E-state index is -3.44. The number of sulfone groups is 1. The molecule has 1 heterocycles. The maximum atomic E-state index is 11.9. The van der Waals surface area contributed by atoms with Gasteiger partial charge >= 0.3 is 0 Å². The Morgan fingerprint density at radius 1 is 1.41 bits per heavy atom. The van der Waals surface area contributed by atoms with Gasteiger partial charge in [-0.15, -0.1) is 0 Å². The van der Waals surface area contributed by atoms with Gasteiger partial charge in [-0.2, -0.15) is 0 Å². The van der Waals surface area contributed by atoms with E-state index in [2.05, 4.69) is 11.9 Å². The fourth-order valence-electron chi connectivity index (χ4n) is 1.28. The third-order valence-electron chi connectivity index (χ3n) is 2.23. The number of aromatic nitrogens is 1. The molecule has 1 aromatic rings. The average Bonchev–Trinajstić information content (AvgIpc) is 2.29. The standard InChI is InChI=1S/C11H18N2O3S/c1-2-3-7-16-8-9-17(14,15)11-10(12)5-4-6-13-11/h4-6H,2-3,7-9,12H2,1H3. The van der Waals surface area contributed by atoms with E-state index in [1.807, 2.05) is 0 Å². The maximum absolute atomic E-state index is 11.9. The van der Waals surface area contributed by atoms with Crippen molar-refractivity contribution >= 4 is 15.5 Å². The zero-order valence-corrected chi connectivity index (χ0v) is 10.7. The third kappa shape index (κ3) is 4.32. The summed E-state index contributed by atoms with van der Waals surface area (Å²) in [6, 6.07) is 3.13. The van der Waals surface area contributed by atoms with Crippen LogP contribution in [-0.2, 0) is 14.6 Å². The number of unbranched alkanes of at least 4 members (excludes halogenated alkanes) is 1. The first kappa shape index (κ1) is 13.9. The highest BCUT2D eigenvalue weighted by atomic mass is 32.2. The van der Waals surface area contributed by atoms with E-state index < -0.39 is 9.84 Å². The summed E-state index contributed by atoms with van der Waals surface area (Å²) in [5.41, 5.74) is 5.76. The van der Waals surface area contributed by atoms with Crippen molar-refractivity contribution in [3.63, 3.8) is 0 Å². The second-order valence-corrected chi connectivity index (χ2v) is 5.71. The van der Waals surface area contributed by atoms with Gasteiger partial charge in [-0.1, -0.05) is 13.3 Å². The van der Waals surface area contributed by atoms with Crippen LogP contribution in [0.5, 0.6) is 0 Å². The molecule has 2 N–H and O–H groups in total. The van der Waals surface area contributed by atoms with E-state index >= 15 is 0 Å². The van der Waals surface area contributed by atoms with Gasteiger partial charge in [0.2, 0.25) is 0 Å². The van der Waals surface area contributed by atoms with Crippen LogP contribution >= 0.6 is 0 Å². The fourth-order valence-corrected chi connectivity index (χ4v) is 2.46. The van der Waals surface area contributed by atoms with Crippen LogP contribution in [0.1, 0.15) is 19.8 Å². The zero-order valence-electron chi connectivity index (χ0n) is 9.93. The molecule has 0 spiro atoms. The fraction of sp³-hybridized carbons (Fsp3) is 0.545. The lowest BCUT2D eigenvalue weighted by Crippen LogP contribution is -2.15. The molecule has 0 atom stereocenters. The van der Waals surface area contributed by atoms with E-state index in [1.165, 1.54) is 12.3 Å². The number of anilines is 1. The van der Waals surface area contributed by atoms with Crippen LogP contribution in [0.3, 0.4) is 0 Å². The lowest BCUT2D eigenvalue weighted by Gasteiger charge is -2.06. The van der Waals surface area contributed by atoms with E-state index in [0.717, 1.165) is 12.8 Å². The van der Waals surface area contributed by atoms with Crippen molar-refractivity contribution in [2.75, 3.05) is 24.7 Å². The Morgan fingerprint density at radius 2 is 2.18 bits per heavy atom. The van der Waals surface area contributed by atoms with Gasteiger partial charge in [0.05, 0.1) is 18.0 Å². The van der Waals surface area contributed by atoms with E-state index in [1.54, 1.807) is 6.07 Å². The first-order valence-corrected chi connectivity index (χ1v) is 7.24. The quantitative estimate of drug-likeness (QED) is 0.744. The number of ether oxygens (including phenoxy) is 1. The van der Waals surface area contributed by atoms with E-state index in [9.17, 15) is 8.42 Å². The Balaban J connectivity index is 2.55. The SMILES string of the molecule is CCCCOCCS(=O)(=O)c1ncccc1N. The molecule has 1 rings (SSSR count). The van der Waals surface area contributed by atoms with Gasteiger partial charge in [-0.25, -0.2) is 13.4 Å². The van der Waals surface area contributed by atoms with Crippen molar-refractivity contribution in [3.8, 4) is 0 Å². The molecule has 6 heteroatoms. The van der Waals surface area contributed by atoms with Crippen molar-refractivity contribution in [3.05, 3.63) is 18.3 Å². The minimum absolute atomic E-state index is 0.0564. The Hall–Kier alpha value is -1.14. The highest BCUT2D eigenvalue weighted by Gasteiger charge is 2.18. The van der Waals surface area contributed by atoms with Gasteiger partial charge in [0.25, 0.3) is 0 Å². The molecule has 1 aromatic heterocycles. The second-order valence-electron chi connectivity index (χ2n) is 3.68. The molecule has 0 saturated carbocycles. The zero-order chi connectivity index (χ0) is 12.7. The predicted octanol–water partition coefficient (Wildman–Crippen LogP) is 1.25. The largest absolute Gasteiger partial charge is 0.396 e. The highest BCUT2D eigenvalue weighted by Crippen LogP contribution is 2.15. The van der Waals surface area contributed by atoms with Gasteiger partial charge in [-0.3, -0.25) is 0 Å². The van der Waals surface area contributed by atoms with Crippen LogP contribution in [0.2, 0.25) is 0 Å². The van der Waals surface area contributed by atoms with Crippen molar-refractivity contribution in [2.24, 2.45) is 0 Å². The molecule has 5 nitrogen and oxygen atoms in total. The summed E-state index contributed by atoms with van der Waals surface area (Å²) >= 11 is 0. The first-order valence-electron chi connectivity index (χ1n) is 5.59. The summed E-state index contributed by atoms with van der Waals surface area (Å²) in [6.45, 7) is 2.82. The topological polar surface area (TPSA) is 82.3 Å². The maximum Gasteiger partial charge on any atom is 0.199 e. The van der Waals surface area contributed by atoms with Crippen molar-refractivity contribution in [1.82, 2.24) is 4.98 Å². The second kappa shape index (κ2) is 6.56. The molecule has 0 radical (unpaired) electrons. The molecule has 96 valence electrons. The summed E-state index contributed by atoms with van der Waals surface area (Å²) in [7, 11) is -3.44. The Morgan fingerprint density at radius 3 is 2.82 bits per heavy atom. The highest BCUT2D eigenvalue weighted by molar-refractivity contribution is 7.91. The van der Waals surface area contributed by atoms with E-state index in [-0.39, 0.29) is 23.1 Å². The molecule has 0 saturated heterocycles. The lowest BCUT2D eigenvalue weighted by atomic mass is 10.4. The molecule has 0 unspecified atom stereocenters. The van der Waals surface area contributed by atoms with Gasteiger partial charge in [-0.05, 0) is 18.6 Å². The summed E-state index contributed by atoms with van der Waals surface area (Å²) in [5, 5.41) is -0.0564. The summed E-state index contributed by atoms with van der Waals surface area (Å²) in [4.78, 5) is 3.80. The molecule has 0 fully saturated rings. The molecule has 0 aliphatic rings. The third-order valence-corrected chi connectivity index (χ3v) is 3.87. The number of nitrogens with zero attached hydrogens (tertiary/aromatic N) is 1. The number of hydrogen-bond donors (Lipinski definition) is 1. The Kier molecular flexibility index (Phi) is 5.37. The molecule has 0 aliphatic carbocycles. The van der Waals surface area contributed by atoms with Crippen molar-refractivity contribution in [2.45, 2.75) is 24.8 Å². The van der Waals surface area contributed by atoms with Gasteiger partial charge in [0.1, 0.15) is 0 Å². The van der Waals surface area contributed by atoms with Gasteiger partial charge in [0, 0.05) is 12.8 Å². The normalized spacial score (nSPS) is 11.6. The molecule has 17 heavy (non-hydrogen) atoms. The minimum Gasteiger partial charge on any atom is -0.396 e. The van der Waals surface area contributed by atoms with Crippen LogP contribution in [0.25, 0.3) is 0 Å². The smallest absolute Gasteiger partial charge is 0.199 e. The Labute approximate surface area is 102 Å². The lowest BCUT2D eigenvalue weighted by molar-refractivity contribution is 0.146. The molecular weight excluding hydrogens is 240 g/mol. The summed E-state index contributed by atoms with van der Waals surface area (Å²) in [6.07, 6.45) is 3.38. The summed E-state index contributed by atoms with van der Waals surface area (Å²) < 4.78 is 28.9. The number of pyridine rings is 1. The number of nitrogens with two attached hydrogens (primary N) is 1. The van der Waals surface area contributed by atoms with Crippen LogP contribution < -0.4 is 5.73 Å².